The summed E-state index contributed by atoms with van der Waals surface area (Å²) in [5.41, 5.74) is 4.17. The average molecular weight is 408 g/mol. The van der Waals surface area contributed by atoms with Gasteiger partial charge in [-0.2, -0.15) is 0 Å². The molecule has 0 amide bonds. The fourth-order valence-corrected chi connectivity index (χ4v) is 1.51. The monoisotopic (exact) mass is 405 g/mol. The molecule has 0 atom stereocenters. The Labute approximate surface area is 115 Å². The van der Waals surface area contributed by atoms with Crippen LogP contribution in [0.5, 0.6) is 0 Å². The quantitative estimate of drug-likeness (QED) is 0.615. The fourth-order valence-electron chi connectivity index (χ4n) is 1.51. The zero-order valence-corrected chi connectivity index (χ0v) is 14.4. The van der Waals surface area contributed by atoms with Gasteiger partial charge in [0.1, 0.15) is 0 Å². The number of fused-ring (bicyclic) bond motifs is 1. The van der Waals surface area contributed by atoms with Gasteiger partial charge in [0, 0.05) is 6.42 Å². The first kappa shape index (κ1) is 13.9. The molecule has 0 N–H and O–H groups in total. The molecule has 0 heterocycles. The van der Waals surface area contributed by atoms with Crippen LogP contribution in [0.25, 0.3) is 6.08 Å². The molecule has 0 unspecified atom stereocenters. The summed E-state index contributed by atoms with van der Waals surface area (Å²) in [6.07, 6.45) is 4.56. The van der Waals surface area contributed by atoms with Crippen molar-refractivity contribution in [2.24, 2.45) is 5.92 Å². The van der Waals surface area contributed by atoms with Crippen LogP contribution in [-0.4, -0.2) is 0 Å². The number of hydrogen-bond donors (Lipinski definition) is 0. The molecule has 2 rings (SSSR count). The first-order valence-corrected chi connectivity index (χ1v) is 16.0. The Morgan fingerprint density at radius 1 is 1.07 bits per heavy atom. The molecule has 1 aliphatic carbocycles. The van der Waals surface area contributed by atoms with Crippen molar-refractivity contribution >= 4 is 30.5 Å². The average Bonchev–Trinajstić information content (AvgIpc) is 2.62. The van der Waals surface area contributed by atoms with E-state index in [1.54, 1.807) is 0 Å². The molecule has 0 saturated heterocycles. The summed E-state index contributed by atoms with van der Waals surface area (Å²) < 4.78 is 0. The molecule has 0 aliphatic heterocycles. The second kappa shape index (κ2) is 7.19. The van der Waals surface area contributed by atoms with E-state index in [2.05, 4.69) is 75.0 Å². The molecule has 3 heteroatoms. The van der Waals surface area contributed by atoms with Gasteiger partial charge in [-0.3, -0.25) is 0 Å². The SMILES string of the molecule is CC(C)C1=Cc2ccccc2[CH]1.[Br][Zr][Br]. The maximum atomic E-state index is 3.23. The number of hydrogen-bond acceptors (Lipinski definition) is 0. The van der Waals surface area contributed by atoms with Crippen molar-refractivity contribution in [2.45, 2.75) is 13.8 Å². The van der Waals surface area contributed by atoms with Gasteiger partial charge >= 0.3 is 43.0 Å². The van der Waals surface area contributed by atoms with Crippen LogP contribution in [-0.2, 0) is 18.5 Å². The summed E-state index contributed by atoms with van der Waals surface area (Å²) in [5, 5.41) is 0. The van der Waals surface area contributed by atoms with Crippen LogP contribution < -0.4 is 0 Å². The third-order valence-electron chi connectivity index (χ3n) is 2.31. The van der Waals surface area contributed by atoms with Gasteiger partial charge in [-0.05, 0) is 17.0 Å². The predicted octanol–water partition coefficient (Wildman–Crippen LogP) is 4.98. The normalized spacial score (nSPS) is 12.7. The fraction of sp³-hybridized carbons (Fsp3) is 0.250. The third-order valence-corrected chi connectivity index (χ3v) is 2.31. The number of halogens is 2. The topological polar surface area (TPSA) is 0 Å². The van der Waals surface area contributed by atoms with Crippen molar-refractivity contribution in [3.8, 4) is 0 Å². The van der Waals surface area contributed by atoms with Crippen LogP contribution in [0.15, 0.2) is 29.8 Å². The molecule has 0 nitrogen and oxygen atoms in total. The Balaban J connectivity index is 0.000000337. The predicted molar refractivity (Wildman–Crippen MR) is 70.5 cm³/mol. The molecule has 1 aromatic carbocycles. The standard InChI is InChI=1S/C12H13.2BrH.Zr/c1-9(2)12-7-10-5-3-4-6-11(10)8-12;;;/h3-9H,1-2H3;2*1H;/q;;;+2/p-2. The van der Waals surface area contributed by atoms with Gasteiger partial charge < -0.3 is 0 Å². The van der Waals surface area contributed by atoms with E-state index in [0.29, 0.717) is 5.92 Å². The van der Waals surface area contributed by atoms with E-state index in [0.717, 1.165) is 0 Å². The van der Waals surface area contributed by atoms with Gasteiger partial charge in [-0.1, -0.05) is 49.8 Å². The van der Waals surface area contributed by atoms with Crippen LogP contribution in [0.2, 0.25) is 0 Å². The molecular formula is C12H13Br2Zr. The molecule has 0 aromatic heterocycles. The van der Waals surface area contributed by atoms with Crippen molar-refractivity contribution in [1.82, 2.24) is 0 Å². The van der Waals surface area contributed by atoms with Crippen LogP contribution in [0.1, 0.15) is 25.0 Å². The van der Waals surface area contributed by atoms with Crippen LogP contribution >= 0.6 is 24.4 Å². The minimum atomic E-state index is -0.145. The van der Waals surface area contributed by atoms with Crippen molar-refractivity contribution in [3.63, 3.8) is 0 Å². The summed E-state index contributed by atoms with van der Waals surface area (Å²) in [7, 11) is 0. The van der Waals surface area contributed by atoms with Crippen molar-refractivity contribution in [1.29, 1.82) is 0 Å². The molecule has 15 heavy (non-hydrogen) atoms. The van der Waals surface area contributed by atoms with E-state index in [1.165, 1.54) is 16.7 Å². The van der Waals surface area contributed by atoms with Crippen LogP contribution in [0.4, 0.5) is 0 Å². The van der Waals surface area contributed by atoms with Crippen molar-refractivity contribution in [2.75, 3.05) is 0 Å². The number of rotatable bonds is 1. The summed E-state index contributed by atoms with van der Waals surface area (Å²) >= 11 is 6.32. The Bertz CT molecular complexity index is 345. The number of allylic oxidation sites excluding steroid dienone is 1. The Kier molecular flexibility index (Phi) is 6.65. The van der Waals surface area contributed by atoms with Crippen molar-refractivity contribution < 1.29 is 18.5 Å². The van der Waals surface area contributed by atoms with Gasteiger partial charge in [-0.25, -0.2) is 0 Å². The van der Waals surface area contributed by atoms with Gasteiger partial charge in [0.2, 0.25) is 0 Å². The third kappa shape index (κ3) is 4.28. The van der Waals surface area contributed by atoms with E-state index >= 15 is 0 Å². The zero-order chi connectivity index (χ0) is 11.3. The molecule has 0 saturated carbocycles. The van der Waals surface area contributed by atoms with Crippen LogP contribution in [0, 0.1) is 12.3 Å². The summed E-state index contributed by atoms with van der Waals surface area (Å²) in [6.45, 7) is 4.46. The Hall–Kier alpha value is 0.803. The maximum absolute atomic E-state index is 3.23. The molecular weight excluding hydrogens is 395 g/mol. The van der Waals surface area contributed by atoms with E-state index in [4.69, 9.17) is 0 Å². The van der Waals surface area contributed by atoms with Crippen molar-refractivity contribution in [3.05, 3.63) is 47.4 Å². The first-order chi connectivity index (χ1) is 7.19. The van der Waals surface area contributed by atoms with Gasteiger partial charge in [0.25, 0.3) is 0 Å². The molecule has 0 bridgehead atoms. The van der Waals surface area contributed by atoms with Gasteiger partial charge in [0.15, 0.2) is 0 Å². The Morgan fingerprint density at radius 3 is 2.07 bits per heavy atom. The van der Waals surface area contributed by atoms with E-state index in [-0.39, 0.29) is 18.5 Å². The van der Waals surface area contributed by atoms with Gasteiger partial charge in [0.05, 0.1) is 0 Å². The van der Waals surface area contributed by atoms with Gasteiger partial charge in [-0.15, -0.1) is 0 Å². The molecule has 1 aromatic rings. The zero-order valence-electron chi connectivity index (χ0n) is 8.80. The summed E-state index contributed by atoms with van der Waals surface area (Å²) in [4.78, 5) is 0. The Morgan fingerprint density at radius 2 is 1.60 bits per heavy atom. The van der Waals surface area contributed by atoms with E-state index in [9.17, 15) is 0 Å². The molecule has 0 fully saturated rings. The molecule has 1 aliphatic rings. The van der Waals surface area contributed by atoms with Crippen LogP contribution in [0.3, 0.4) is 0 Å². The molecule has 1 radical (unpaired) electrons. The second-order valence-electron chi connectivity index (χ2n) is 3.64. The molecule has 0 spiro atoms. The minimum absolute atomic E-state index is 0.145. The molecule has 79 valence electrons. The summed E-state index contributed by atoms with van der Waals surface area (Å²) in [6, 6.07) is 8.52. The number of benzene rings is 1. The first-order valence-electron chi connectivity index (χ1n) is 4.80. The van der Waals surface area contributed by atoms with E-state index in [1.807, 2.05) is 0 Å². The second-order valence-corrected chi connectivity index (χ2v) is 15.0. The van der Waals surface area contributed by atoms with E-state index < -0.39 is 0 Å². The summed E-state index contributed by atoms with van der Waals surface area (Å²) in [5.74, 6) is 0.636.